The first-order valence-corrected chi connectivity index (χ1v) is 12.4. The SMILES string of the molecule is O=P(O)(O)SCCNCCCN1CCN=C1Cc1cccc2ccccc12. The van der Waals surface area contributed by atoms with Crippen LogP contribution in [0.3, 0.4) is 0 Å². The fourth-order valence-electron chi connectivity index (χ4n) is 3.31. The van der Waals surface area contributed by atoms with Gasteiger partial charge in [-0.25, -0.2) is 4.57 Å². The molecule has 27 heavy (non-hydrogen) atoms. The van der Waals surface area contributed by atoms with E-state index in [0.717, 1.165) is 44.9 Å². The van der Waals surface area contributed by atoms with E-state index in [1.54, 1.807) is 0 Å². The molecule has 0 aromatic heterocycles. The number of benzene rings is 2. The second-order valence-corrected chi connectivity index (χ2v) is 10.4. The van der Waals surface area contributed by atoms with Gasteiger partial charge in [-0.2, -0.15) is 0 Å². The van der Waals surface area contributed by atoms with Gasteiger partial charge >= 0.3 is 6.80 Å². The summed E-state index contributed by atoms with van der Waals surface area (Å²) < 4.78 is 10.8. The maximum Gasteiger partial charge on any atom is 0.384 e. The monoisotopic (exact) mass is 407 g/mol. The summed E-state index contributed by atoms with van der Waals surface area (Å²) in [6.45, 7) is 0.259. The Bertz CT molecular complexity index is 835. The normalized spacial score (nSPS) is 14.7. The van der Waals surface area contributed by atoms with Gasteiger partial charge in [-0.15, -0.1) is 0 Å². The molecule has 6 nitrogen and oxygen atoms in total. The summed E-state index contributed by atoms with van der Waals surface area (Å²) in [4.78, 5) is 24.7. The predicted molar refractivity (Wildman–Crippen MR) is 114 cm³/mol. The van der Waals surface area contributed by atoms with Crippen LogP contribution in [-0.4, -0.2) is 59.0 Å². The molecular weight excluding hydrogens is 381 g/mol. The molecule has 2 aromatic rings. The summed E-state index contributed by atoms with van der Waals surface area (Å²) in [6.07, 6.45) is 1.84. The van der Waals surface area contributed by atoms with E-state index in [9.17, 15) is 4.57 Å². The predicted octanol–water partition coefficient (Wildman–Crippen LogP) is 2.90. The van der Waals surface area contributed by atoms with Crippen LogP contribution >= 0.6 is 18.2 Å². The van der Waals surface area contributed by atoms with Gasteiger partial charge in [-0.05, 0) is 40.7 Å². The van der Waals surface area contributed by atoms with Crippen molar-refractivity contribution in [2.24, 2.45) is 4.99 Å². The molecule has 0 spiro atoms. The maximum atomic E-state index is 10.8. The summed E-state index contributed by atoms with van der Waals surface area (Å²) in [5.41, 5.74) is 1.31. The fourth-order valence-corrected chi connectivity index (χ4v) is 4.77. The second kappa shape index (κ2) is 9.71. The summed E-state index contributed by atoms with van der Waals surface area (Å²) in [5, 5.41) is 5.79. The van der Waals surface area contributed by atoms with Crippen molar-refractivity contribution in [3.05, 3.63) is 48.0 Å². The molecule has 2 aromatic carbocycles. The van der Waals surface area contributed by atoms with Crippen molar-refractivity contribution in [1.82, 2.24) is 10.2 Å². The van der Waals surface area contributed by atoms with Crippen LogP contribution in [0, 0.1) is 0 Å². The molecule has 3 N–H and O–H groups in total. The largest absolute Gasteiger partial charge is 0.384 e. The fraction of sp³-hybridized carbons (Fsp3) is 0.421. The van der Waals surface area contributed by atoms with E-state index in [1.165, 1.54) is 16.3 Å². The number of aliphatic imine (C=N–C) groups is 1. The molecular formula is C19H26N3O3PS. The van der Waals surface area contributed by atoms with E-state index in [1.807, 2.05) is 0 Å². The number of nitrogens with one attached hydrogen (secondary N) is 1. The Morgan fingerprint density at radius 3 is 2.81 bits per heavy atom. The first-order valence-electron chi connectivity index (χ1n) is 9.19. The van der Waals surface area contributed by atoms with Crippen molar-refractivity contribution >= 4 is 34.8 Å². The number of nitrogens with zero attached hydrogens (tertiary/aromatic N) is 2. The number of fused-ring (bicyclic) bond motifs is 1. The van der Waals surface area contributed by atoms with Gasteiger partial charge in [0.25, 0.3) is 0 Å². The Labute approximate surface area is 164 Å². The highest BCUT2D eigenvalue weighted by molar-refractivity contribution is 8.54. The average molecular weight is 407 g/mol. The Balaban J connectivity index is 1.45. The summed E-state index contributed by atoms with van der Waals surface area (Å²) in [6, 6.07) is 14.9. The topological polar surface area (TPSA) is 85.2 Å². The van der Waals surface area contributed by atoms with Crippen LogP contribution in [0.25, 0.3) is 10.8 Å². The van der Waals surface area contributed by atoms with Gasteiger partial charge in [0, 0.05) is 31.8 Å². The molecule has 1 aliphatic rings. The van der Waals surface area contributed by atoms with Crippen LogP contribution in [0.4, 0.5) is 0 Å². The zero-order chi connectivity index (χ0) is 19.1. The van der Waals surface area contributed by atoms with E-state index < -0.39 is 6.80 Å². The van der Waals surface area contributed by atoms with Gasteiger partial charge in [0.2, 0.25) is 0 Å². The highest BCUT2D eigenvalue weighted by atomic mass is 32.7. The van der Waals surface area contributed by atoms with Crippen LogP contribution in [0.15, 0.2) is 47.5 Å². The summed E-state index contributed by atoms with van der Waals surface area (Å²) >= 11 is 0.694. The van der Waals surface area contributed by atoms with Gasteiger partial charge < -0.3 is 20.0 Å². The van der Waals surface area contributed by atoms with E-state index in [4.69, 9.17) is 14.8 Å². The standard InChI is InChI=1S/C19H26N3O3PS/c23-26(24,25)27-14-11-20-9-4-12-22-13-10-21-19(22)15-17-7-3-6-16-5-1-2-8-18(16)17/h1-3,5-8,20H,4,9-15H2,(H2,23,24,25). The number of hydrogen-bond acceptors (Lipinski definition) is 5. The van der Waals surface area contributed by atoms with Gasteiger partial charge in [0.05, 0.1) is 6.54 Å². The highest BCUT2D eigenvalue weighted by Gasteiger charge is 2.17. The first kappa shape index (κ1) is 20.4. The Morgan fingerprint density at radius 2 is 1.96 bits per heavy atom. The number of rotatable bonds is 10. The summed E-state index contributed by atoms with van der Waals surface area (Å²) in [7, 11) is 0. The van der Waals surface area contributed by atoms with Gasteiger partial charge in [0.1, 0.15) is 5.84 Å². The van der Waals surface area contributed by atoms with Crippen LogP contribution in [-0.2, 0) is 11.0 Å². The van der Waals surface area contributed by atoms with Gasteiger partial charge in [-0.1, -0.05) is 42.5 Å². The Kier molecular flexibility index (Phi) is 7.33. The quantitative estimate of drug-likeness (QED) is 0.415. The molecule has 0 bridgehead atoms. The van der Waals surface area contributed by atoms with Crippen LogP contribution in [0.1, 0.15) is 12.0 Å². The zero-order valence-corrected chi connectivity index (χ0v) is 17.0. The summed E-state index contributed by atoms with van der Waals surface area (Å²) in [5.74, 6) is 1.57. The zero-order valence-electron chi connectivity index (χ0n) is 15.3. The third-order valence-corrected chi connectivity index (χ3v) is 6.86. The molecule has 0 saturated heterocycles. The smallest absolute Gasteiger partial charge is 0.358 e. The van der Waals surface area contributed by atoms with Crippen molar-refractivity contribution in [2.45, 2.75) is 12.8 Å². The maximum absolute atomic E-state index is 10.8. The molecule has 3 rings (SSSR count). The van der Waals surface area contributed by atoms with Crippen molar-refractivity contribution < 1.29 is 14.4 Å². The van der Waals surface area contributed by atoms with Crippen molar-refractivity contribution in [3.8, 4) is 0 Å². The van der Waals surface area contributed by atoms with Crippen LogP contribution < -0.4 is 5.32 Å². The number of amidine groups is 1. The van der Waals surface area contributed by atoms with E-state index in [-0.39, 0.29) is 0 Å². The van der Waals surface area contributed by atoms with Gasteiger partial charge in [0.15, 0.2) is 0 Å². The minimum Gasteiger partial charge on any atom is -0.358 e. The molecule has 0 unspecified atom stereocenters. The lowest BCUT2D eigenvalue weighted by Gasteiger charge is -2.21. The van der Waals surface area contributed by atoms with Crippen LogP contribution in [0.2, 0.25) is 0 Å². The van der Waals surface area contributed by atoms with E-state index in [2.05, 4.69) is 52.7 Å². The molecule has 0 atom stereocenters. The van der Waals surface area contributed by atoms with Crippen molar-refractivity contribution in [2.75, 3.05) is 38.5 Å². The number of hydrogen-bond donors (Lipinski definition) is 3. The van der Waals surface area contributed by atoms with Crippen molar-refractivity contribution in [3.63, 3.8) is 0 Å². The Hall–Kier alpha value is -1.37. The molecule has 0 saturated carbocycles. The molecule has 146 valence electrons. The molecule has 0 aliphatic carbocycles. The van der Waals surface area contributed by atoms with E-state index >= 15 is 0 Å². The molecule has 1 aliphatic heterocycles. The molecule has 8 heteroatoms. The third-order valence-electron chi connectivity index (χ3n) is 4.58. The van der Waals surface area contributed by atoms with Crippen molar-refractivity contribution in [1.29, 1.82) is 0 Å². The minimum atomic E-state index is -3.95. The highest BCUT2D eigenvalue weighted by Crippen LogP contribution is 2.49. The molecule has 1 heterocycles. The van der Waals surface area contributed by atoms with Crippen LogP contribution in [0.5, 0.6) is 0 Å². The lowest BCUT2D eigenvalue weighted by Crippen LogP contribution is -2.32. The lowest BCUT2D eigenvalue weighted by atomic mass is 10.0. The lowest BCUT2D eigenvalue weighted by molar-refractivity contribution is 0.397. The molecule has 0 radical (unpaired) electrons. The Morgan fingerprint density at radius 1 is 1.15 bits per heavy atom. The second-order valence-electron chi connectivity index (χ2n) is 6.53. The molecule has 0 fully saturated rings. The third kappa shape index (κ3) is 6.33. The minimum absolute atomic E-state index is 0.418. The molecule has 0 amide bonds. The first-order chi connectivity index (χ1) is 13.0. The average Bonchev–Trinajstić information content (AvgIpc) is 3.07. The van der Waals surface area contributed by atoms with E-state index in [0.29, 0.717) is 23.7 Å². The van der Waals surface area contributed by atoms with Gasteiger partial charge in [-0.3, -0.25) is 4.99 Å².